The van der Waals surface area contributed by atoms with Crippen molar-refractivity contribution in [3.05, 3.63) is 83.7 Å². The van der Waals surface area contributed by atoms with Crippen molar-refractivity contribution in [2.75, 3.05) is 18.0 Å². The van der Waals surface area contributed by atoms with Gasteiger partial charge in [0.1, 0.15) is 0 Å². The summed E-state index contributed by atoms with van der Waals surface area (Å²) in [5, 5.41) is 0.612. The number of anilines is 1. The molecular weight excluding hydrogens is 492 g/mol. The molecule has 0 bridgehead atoms. The fraction of sp³-hybridized carbons (Fsp3) is 0.296. The number of carbonyl (C=O) groups excluding carboxylic acids is 1. The molecule has 2 aromatic heterocycles. The Balaban J connectivity index is 1.48. The highest BCUT2D eigenvalue weighted by atomic mass is 32.2. The van der Waals surface area contributed by atoms with Gasteiger partial charge in [0.25, 0.3) is 0 Å². The van der Waals surface area contributed by atoms with E-state index in [-0.39, 0.29) is 23.9 Å². The number of hydrogen-bond acceptors (Lipinski definition) is 6. The van der Waals surface area contributed by atoms with Crippen LogP contribution in [0.15, 0.2) is 71.8 Å². The fourth-order valence-corrected chi connectivity index (χ4v) is 7.24. The molecule has 1 amide bonds. The zero-order chi connectivity index (χ0) is 25.3. The maximum atomic E-state index is 14.0. The topological polar surface area (TPSA) is 83.5 Å². The molecule has 1 atom stereocenters. The van der Waals surface area contributed by atoms with Crippen molar-refractivity contribution in [1.29, 1.82) is 0 Å². The maximum absolute atomic E-state index is 14.0. The number of nitrogens with zero attached hydrogens (tertiary/aromatic N) is 4. The molecule has 1 unspecified atom stereocenters. The SMILES string of the molecule is Cc1ccc(C)c2sc(N(Cc3ccccn3)C(=O)C3CCCN(S(=O)(=O)c4ccccc4)C3)nc12. The van der Waals surface area contributed by atoms with E-state index < -0.39 is 15.9 Å². The third kappa shape index (κ3) is 4.78. The van der Waals surface area contributed by atoms with E-state index in [1.807, 2.05) is 38.1 Å². The van der Waals surface area contributed by atoms with Crippen LogP contribution in [0.3, 0.4) is 0 Å². The second-order valence-electron chi connectivity index (χ2n) is 9.13. The van der Waals surface area contributed by atoms with E-state index in [9.17, 15) is 13.2 Å². The van der Waals surface area contributed by atoms with Gasteiger partial charge >= 0.3 is 0 Å². The molecule has 1 fully saturated rings. The Hall–Kier alpha value is -3.14. The molecule has 2 aromatic carbocycles. The van der Waals surface area contributed by atoms with Crippen LogP contribution in [-0.4, -0.2) is 41.7 Å². The molecule has 0 spiro atoms. The summed E-state index contributed by atoms with van der Waals surface area (Å²) < 4.78 is 29.0. The number of rotatable bonds is 6. The molecule has 3 heterocycles. The van der Waals surface area contributed by atoms with Gasteiger partial charge in [0, 0.05) is 19.3 Å². The van der Waals surface area contributed by atoms with Gasteiger partial charge in [-0.1, -0.05) is 47.7 Å². The largest absolute Gasteiger partial charge is 0.282 e. The monoisotopic (exact) mass is 520 g/mol. The van der Waals surface area contributed by atoms with Crippen molar-refractivity contribution >= 4 is 42.6 Å². The van der Waals surface area contributed by atoms with E-state index in [2.05, 4.69) is 11.1 Å². The predicted molar refractivity (Wildman–Crippen MR) is 142 cm³/mol. The average Bonchev–Trinajstić information content (AvgIpc) is 3.37. The van der Waals surface area contributed by atoms with Crippen LogP contribution in [0.4, 0.5) is 5.13 Å². The number of aryl methyl sites for hydroxylation is 2. The highest BCUT2D eigenvalue weighted by molar-refractivity contribution is 7.89. The molecule has 9 heteroatoms. The van der Waals surface area contributed by atoms with E-state index >= 15 is 0 Å². The lowest BCUT2D eigenvalue weighted by molar-refractivity contribution is -0.123. The van der Waals surface area contributed by atoms with Crippen molar-refractivity contribution in [3.8, 4) is 0 Å². The molecule has 4 aromatic rings. The van der Waals surface area contributed by atoms with Gasteiger partial charge in [-0.05, 0) is 62.1 Å². The van der Waals surface area contributed by atoms with Crippen LogP contribution in [0.2, 0.25) is 0 Å². The van der Waals surface area contributed by atoms with E-state index in [0.29, 0.717) is 24.5 Å². The van der Waals surface area contributed by atoms with Crippen molar-refractivity contribution in [3.63, 3.8) is 0 Å². The summed E-state index contributed by atoms with van der Waals surface area (Å²) in [7, 11) is -3.67. The smallest absolute Gasteiger partial charge is 0.243 e. The summed E-state index contributed by atoms with van der Waals surface area (Å²) in [6, 6.07) is 18.1. The summed E-state index contributed by atoms with van der Waals surface area (Å²) >= 11 is 1.50. The number of fused-ring (bicyclic) bond motifs is 1. The van der Waals surface area contributed by atoms with Gasteiger partial charge < -0.3 is 0 Å². The molecular formula is C27H28N4O3S2. The molecule has 36 heavy (non-hydrogen) atoms. The molecule has 186 valence electrons. The van der Waals surface area contributed by atoms with Gasteiger partial charge in [0.15, 0.2) is 5.13 Å². The van der Waals surface area contributed by atoms with Crippen LogP contribution in [0, 0.1) is 19.8 Å². The lowest BCUT2D eigenvalue weighted by atomic mass is 9.98. The first-order valence-corrected chi connectivity index (χ1v) is 14.2. The minimum Gasteiger partial charge on any atom is -0.282 e. The van der Waals surface area contributed by atoms with Crippen molar-refractivity contribution in [2.45, 2.75) is 38.1 Å². The van der Waals surface area contributed by atoms with Gasteiger partial charge in [-0.2, -0.15) is 4.31 Å². The van der Waals surface area contributed by atoms with E-state index in [4.69, 9.17) is 4.98 Å². The first-order valence-electron chi connectivity index (χ1n) is 12.0. The molecule has 0 aliphatic carbocycles. The van der Waals surface area contributed by atoms with Gasteiger partial charge in [-0.3, -0.25) is 14.7 Å². The van der Waals surface area contributed by atoms with Crippen LogP contribution in [0.25, 0.3) is 10.2 Å². The van der Waals surface area contributed by atoms with Gasteiger partial charge in [-0.25, -0.2) is 13.4 Å². The van der Waals surface area contributed by atoms with Crippen molar-refractivity contribution in [1.82, 2.24) is 14.3 Å². The fourth-order valence-electron chi connectivity index (χ4n) is 4.58. The van der Waals surface area contributed by atoms with E-state index in [1.165, 1.54) is 15.6 Å². The lowest BCUT2D eigenvalue weighted by Crippen LogP contribution is -2.46. The van der Waals surface area contributed by atoms with Crippen LogP contribution >= 0.6 is 11.3 Å². The highest BCUT2D eigenvalue weighted by Gasteiger charge is 2.36. The van der Waals surface area contributed by atoms with Crippen LogP contribution in [0.5, 0.6) is 0 Å². The van der Waals surface area contributed by atoms with Gasteiger partial charge in [-0.15, -0.1) is 0 Å². The third-order valence-electron chi connectivity index (χ3n) is 6.59. The summed E-state index contributed by atoms with van der Waals surface area (Å²) in [6.07, 6.45) is 2.96. The lowest BCUT2D eigenvalue weighted by Gasteiger charge is -2.33. The normalized spacial score (nSPS) is 16.8. The minimum atomic E-state index is -3.67. The van der Waals surface area contributed by atoms with Gasteiger partial charge in [0.2, 0.25) is 15.9 Å². The second kappa shape index (κ2) is 10.1. The first-order chi connectivity index (χ1) is 17.3. The summed E-state index contributed by atoms with van der Waals surface area (Å²) in [5.41, 5.74) is 3.82. The van der Waals surface area contributed by atoms with Crippen LogP contribution in [-0.2, 0) is 21.4 Å². The van der Waals surface area contributed by atoms with Gasteiger partial charge in [0.05, 0.1) is 33.3 Å². The number of benzene rings is 2. The number of piperidine rings is 1. The number of amides is 1. The second-order valence-corrected chi connectivity index (χ2v) is 12.0. The molecule has 0 saturated carbocycles. The van der Waals surface area contributed by atoms with E-state index in [1.54, 1.807) is 41.4 Å². The summed E-state index contributed by atoms with van der Waals surface area (Å²) in [6.45, 7) is 4.89. The van der Waals surface area contributed by atoms with Crippen LogP contribution < -0.4 is 4.90 Å². The molecule has 1 aliphatic rings. The van der Waals surface area contributed by atoms with Crippen LogP contribution in [0.1, 0.15) is 29.7 Å². The molecule has 1 aliphatic heterocycles. The number of sulfonamides is 1. The Morgan fingerprint density at radius 2 is 1.81 bits per heavy atom. The quantitative estimate of drug-likeness (QED) is 0.360. The number of thiazole rings is 1. The standard InChI is InChI=1S/C27H28N4O3S2/c1-19-13-14-20(2)25-24(19)29-27(35-25)31(18-22-10-6-7-15-28-22)26(32)21-9-8-16-30(17-21)36(33,34)23-11-4-3-5-12-23/h3-7,10-15,21H,8-9,16-18H2,1-2H3. The third-order valence-corrected chi connectivity index (χ3v) is 9.68. The van der Waals surface area contributed by atoms with E-state index in [0.717, 1.165) is 27.0 Å². The number of hydrogen-bond donors (Lipinski definition) is 0. The molecule has 0 N–H and O–H groups in total. The predicted octanol–water partition coefficient (Wildman–Crippen LogP) is 4.94. The number of aromatic nitrogens is 2. The molecule has 5 rings (SSSR count). The Morgan fingerprint density at radius 3 is 2.53 bits per heavy atom. The van der Waals surface area contributed by atoms with Crippen molar-refractivity contribution < 1.29 is 13.2 Å². The Morgan fingerprint density at radius 1 is 1.06 bits per heavy atom. The first kappa shape index (κ1) is 24.5. The Bertz CT molecular complexity index is 1450. The maximum Gasteiger partial charge on any atom is 0.243 e. The molecule has 1 saturated heterocycles. The highest BCUT2D eigenvalue weighted by Crippen LogP contribution is 2.35. The molecule has 0 radical (unpaired) electrons. The Labute approximate surface area is 215 Å². The summed E-state index contributed by atoms with van der Waals surface area (Å²) in [4.78, 5) is 25.2. The number of carbonyl (C=O) groups is 1. The average molecular weight is 521 g/mol. The Kier molecular flexibility index (Phi) is 6.87. The zero-order valence-corrected chi connectivity index (χ0v) is 21.9. The number of pyridine rings is 1. The molecule has 7 nitrogen and oxygen atoms in total. The summed E-state index contributed by atoms with van der Waals surface area (Å²) in [5.74, 6) is -0.585. The minimum absolute atomic E-state index is 0.122. The zero-order valence-electron chi connectivity index (χ0n) is 20.3. The van der Waals surface area contributed by atoms with Crippen molar-refractivity contribution in [2.24, 2.45) is 5.92 Å².